The number of hydrogen-bond donors (Lipinski definition) is 0. The van der Waals surface area contributed by atoms with Gasteiger partial charge < -0.3 is 4.74 Å². The quantitative estimate of drug-likeness (QED) is 0.259. The highest BCUT2D eigenvalue weighted by molar-refractivity contribution is 8.26. The Kier molecular flexibility index (Phi) is 6.88. The van der Waals surface area contributed by atoms with E-state index in [1.54, 1.807) is 59.5 Å². The van der Waals surface area contributed by atoms with Gasteiger partial charge in [-0.1, -0.05) is 61.1 Å². The average Bonchev–Trinajstić information content (AvgIpc) is 2.95. The normalized spacial score (nSPS) is 15.4. The lowest BCUT2D eigenvalue weighted by Gasteiger charge is -2.13. The SMILES string of the molecule is CCCCN1C(=O)/C(=C\c2ccc(OC(=O)c3ccc(Cl)cc3)cc2)SC1=S. The molecule has 144 valence electrons. The van der Waals surface area contributed by atoms with Crippen molar-refractivity contribution >= 4 is 57.9 Å². The fourth-order valence-corrected chi connectivity index (χ4v) is 3.98. The van der Waals surface area contributed by atoms with Crippen molar-refractivity contribution in [3.8, 4) is 5.75 Å². The van der Waals surface area contributed by atoms with Gasteiger partial charge in [0.2, 0.25) is 0 Å². The second kappa shape index (κ2) is 9.37. The number of benzene rings is 2. The van der Waals surface area contributed by atoms with E-state index in [2.05, 4.69) is 6.92 Å². The third-order valence-electron chi connectivity index (χ3n) is 4.08. The van der Waals surface area contributed by atoms with Crippen LogP contribution in [0.3, 0.4) is 0 Å². The molecule has 0 atom stereocenters. The fraction of sp³-hybridized carbons (Fsp3) is 0.190. The van der Waals surface area contributed by atoms with Crippen molar-refractivity contribution in [2.24, 2.45) is 0 Å². The average molecular weight is 432 g/mol. The zero-order valence-corrected chi connectivity index (χ0v) is 17.6. The summed E-state index contributed by atoms with van der Waals surface area (Å²) >= 11 is 12.4. The van der Waals surface area contributed by atoms with Gasteiger partial charge in [-0.2, -0.15) is 0 Å². The first kappa shape index (κ1) is 20.6. The fourth-order valence-electron chi connectivity index (χ4n) is 2.54. The summed E-state index contributed by atoms with van der Waals surface area (Å²) in [6.45, 7) is 2.73. The molecular formula is C21H18ClNO3S2. The third kappa shape index (κ3) is 5.01. The van der Waals surface area contributed by atoms with Crippen LogP contribution in [0.15, 0.2) is 53.4 Å². The number of nitrogens with zero attached hydrogens (tertiary/aromatic N) is 1. The summed E-state index contributed by atoms with van der Waals surface area (Å²) in [6.07, 6.45) is 3.73. The minimum atomic E-state index is -0.457. The maximum absolute atomic E-state index is 12.5. The van der Waals surface area contributed by atoms with E-state index in [0.29, 0.717) is 32.1 Å². The van der Waals surface area contributed by atoms with E-state index in [4.69, 9.17) is 28.6 Å². The molecule has 0 unspecified atom stereocenters. The van der Waals surface area contributed by atoms with Gasteiger partial charge in [-0.3, -0.25) is 9.69 Å². The number of thioether (sulfide) groups is 1. The number of carbonyl (C=O) groups excluding carboxylic acids is 2. The molecule has 1 fully saturated rings. The smallest absolute Gasteiger partial charge is 0.343 e. The molecule has 1 saturated heterocycles. The standard InChI is InChI=1S/C21H18ClNO3S2/c1-2-3-12-23-19(24)18(28-21(23)27)13-14-4-10-17(11-5-14)26-20(25)15-6-8-16(22)9-7-15/h4-11,13H,2-3,12H2,1H3/b18-13+. The first-order valence-electron chi connectivity index (χ1n) is 8.81. The minimum absolute atomic E-state index is 0.0540. The topological polar surface area (TPSA) is 46.6 Å². The summed E-state index contributed by atoms with van der Waals surface area (Å²) in [5.41, 5.74) is 1.26. The van der Waals surface area contributed by atoms with Gasteiger partial charge in [0.05, 0.1) is 10.5 Å². The number of unbranched alkanes of at least 4 members (excludes halogenated alkanes) is 1. The first-order chi connectivity index (χ1) is 13.5. The Balaban J connectivity index is 1.66. The summed E-state index contributed by atoms with van der Waals surface area (Å²) in [5, 5.41) is 0.556. The van der Waals surface area contributed by atoms with Crippen LogP contribution < -0.4 is 4.74 Å². The molecule has 7 heteroatoms. The van der Waals surface area contributed by atoms with Crippen LogP contribution in [0.4, 0.5) is 0 Å². The molecule has 3 rings (SSSR count). The van der Waals surface area contributed by atoms with Crippen LogP contribution in [0.25, 0.3) is 6.08 Å². The molecule has 1 aliphatic rings. The molecule has 0 spiro atoms. The Morgan fingerprint density at radius 1 is 1.18 bits per heavy atom. The van der Waals surface area contributed by atoms with E-state index < -0.39 is 5.97 Å². The highest BCUT2D eigenvalue weighted by Gasteiger charge is 2.31. The molecule has 0 bridgehead atoms. The lowest BCUT2D eigenvalue weighted by atomic mass is 10.2. The maximum Gasteiger partial charge on any atom is 0.343 e. The number of esters is 1. The molecule has 2 aromatic rings. The molecule has 0 radical (unpaired) electrons. The second-order valence-corrected chi connectivity index (χ2v) is 8.26. The highest BCUT2D eigenvalue weighted by Crippen LogP contribution is 2.33. The van der Waals surface area contributed by atoms with Crippen molar-refractivity contribution in [2.75, 3.05) is 6.54 Å². The van der Waals surface area contributed by atoms with E-state index >= 15 is 0 Å². The van der Waals surface area contributed by atoms with E-state index in [1.165, 1.54) is 11.8 Å². The Morgan fingerprint density at radius 3 is 2.50 bits per heavy atom. The second-order valence-electron chi connectivity index (χ2n) is 6.15. The molecule has 0 aromatic heterocycles. The van der Waals surface area contributed by atoms with Gasteiger partial charge in [0.1, 0.15) is 10.1 Å². The molecule has 1 heterocycles. The van der Waals surface area contributed by atoms with Gasteiger partial charge in [0.25, 0.3) is 5.91 Å². The van der Waals surface area contributed by atoms with Gasteiger partial charge in [0.15, 0.2) is 0 Å². The summed E-state index contributed by atoms with van der Waals surface area (Å²) in [4.78, 5) is 26.9. The molecule has 0 saturated carbocycles. The molecule has 28 heavy (non-hydrogen) atoms. The number of ether oxygens (including phenoxy) is 1. The molecule has 1 amide bonds. The van der Waals surface area contributed by atoms with E-state index in [1.807, 2.05) is 0 Å². The van der Waals surface area contributed by atoms with Crippen molar-refractivity contribution in [1.29, 1.82) is 0 Å². The summed E-state index contributed by atoms with van der Waals surface area (Å²) in [7, 11) is 0. The van der Waals surface area contributed by atoms with Crippen LogP contribution in [-0.2, 0) is 4.79 Å². The molecule has 1 aliphatic heterocycles. The van der Waals surface area contributed by atoms with Gasteiger partial charge >= 0.3 is 5.97 Å². The van der Waals surface area contributed by atoms with E-state index in [0.717, 1.165) is 18.4 Å². The third-order valence-corrected chi connectivity index (χ3v) is 5.71. The predicted octanol–water partition coefficient (Wildman–Crippen LogP) is 5.56. The molecule has 0 N–H and O–H groups in total. The van der Waals surface area contributed by atoms with E-state index in [-0.39, 0.29) is 5.91 Å². The summed E-state index contributed by atoms with van der Waals surface area (Å²) in [6, 6.07) is 13.5. The van der Waals surface area contributed by atoms with E-state index in [9.17, 15) is 9.59 Å². The summed E-state index contributed by atoms with van der Waals surface area (Å²) < 4.78 is 5.96. The zero-order valence-electron chi connectivity index (χ0n) is 15.2. The molecular weight excluding hydrogens is 414 g/mol. The number of hydrogen-bond acceptors (Lipinski definition) is 5. The largest absolute Gasteiger partial charge is 0.423 e. The Hall–Kier alpha value is -2.15. The van der Waals surface area contributed by atoms with Gasteiger partial charge in [-0.05, 0) is 54.5 Å². The Labute approximate surface area is 178 Å². The van der Waals surface area contributed by atoms with Gasteiger partial charge in [0, 0.05) is 11.6 Å². The minimum Gasteiger partial charge on any atom is -0.423 e. The van der Waals surface area contributed by atoms with Crippen LogP contribution in [0.2, 0.25) is 5.02 Å². The number of halogens is 1. The van der Waals surface area contributed by atoms with Crippen LogP contribution >= 0.6 is 35.6 Å². The lowest BCUT2D eigenvalue weighted by Crippen LogP contribution is -2.28. The Bertz CT molecular complexity index is 924. The molecule has 4 nitrogen and oxygen atoms in total. The van der Waals surface area contributed by atoms with Crippen LogP contribution in [0.5, 0.6) is 5.75 Å². The molecule has 0 aliphatic carbocycles. The van der Waals surface area contributed by atoms with Crippen molar-refractivity contribution in [2.45, 2.75) is 19.8 Å². The van der Waals surface area contributed by atoms with Crippen molar-refractivity contribution in [3.05, 3.63) is 69.6 Å². The number of carbonyl (C=O) groups is 2. The first-order valence-corrected chi connectivity index (χ1v) is 10.4. The maximum atomic E-state index is 12.5. The number of rotatable bonds is 6. The molecule has 2 aromatic carbocycles. The van der Waals surface area contributed by atoms with Crippen LogP contribution in [0, 0.1) is 0 Å². The number of amides is 1. The predicted molar refractivity (Wildman–Crippen MR) is 118 cm³/mol. The van der Waals surface area contributed by atoms with Gasteiger partial charge in [-0.25, -0.2) is 4.79 Å². The monoisotopic (exact) mass is 431 g/mol. The lowest BCUT2D eigenvalue weighted by molar-refractivity contribution is -0.122. The van der Waals surface area contributed by atoms with Crippen molar-refractivity contribution in [3.63, 3.8) is 0 Å². The van der Waals surface area contributed by atoms with Crippen molar-refractivity contribution in [1.82, 2.24) is 4.90 Å². The van der Waals surface area contributed by atoms with Gasteiger partial charge in [-0.15, -0.1) is 0 Å². The van der Waals surface area contributed by atoms with Crippen molar-refractivity contribution < 1.29 is 14.3 Å². The number of thiocarbonyl (C=S) groups is 1. The summed E-state index contributed by atoms with van der Waals surface area (Å²) in [5.74, 6) is -0.0875. The Morgan fingerprint density at radius 2 is 1.86 bits per heavy atom. The zero-order chi connectivity index (χ0) is 20.1. The van der Waals surface area contributed by atoms with Crippen LogP contribution in [0.1, 0.15) is 35.7 Å². The highest BCUT2D eigenvalue weighted by atomic mass is 35.5. The van der Waals surface area contributed by atoms with Crippen LogP contribution in [-0.4, -0.2) is 27.6 Å².